The van der Waals surface area contributed by atoms with Crippen molar-refractivity contribution in [2.45, 2.75) is 64.5 Å². The van der Waals surface area contributed by atoms with Crippen LogP contribution < -0.4 is 26.2 Å². The van der Waals surface area contributed by atoms with Crippen molar-refractivity contribution in [3.63, 3.8) is 0 Å². The van der Waals surface area contributed by atoms with Crippen LogP contribution >= 0.6 is 0 Å². The number of rotatable bonds is 20. The number of aliphatic hydroxyl groups is 1. The third-order valence-electron chi connectivity index (χ3n) is 12.1. The number of aromatic hydroxyl groups is 1. The predicted molar refractivity (Wildman–Crippen MR) is 256 cm³/mol. The van der Waals surface area contributed by atoms with Gasteiger partial charge in [-0.15, -0.1) is 0 Å². The molecule has 67 heavy (non-hydrogen) atoms. The molecule has 14 heteroatoms. The van der Waals surface area contributed by atoms with Gasteiger partial charge in [-0.25, -0.2) is 9.59 Å². The molecule has 0 aliphatic carbocycles. The van der Waals surface area contributed by atoms with Crippen molar-refractivity contribution in [3.8, 4) is 11.5 Å². The number of fused-ring (bicyclic) bond motifs is 1. The lowest BCUT2D eigenvalue weighted by molar-refractivity contribution is 0.0414. The number of esters is 1. The lowest BCUT2D eigenvalue weighted by atomic mass is 9.91. The zero-order valence-corrected chi connectivity index (χ0v) is 37.9. The molecule has 0 saturated carbocycles. The number of phenolic OH excluding ortho intramolecular Hbond substituents is 1. The number of phenols is 1. The van der Waals surface area contributed by atoms with E-state index in [9.17, 15) is 29.4 Å². The summed E-state index contributed by atoms with van der Waals surface area (Å²) in [6.07, 6.45) is 1.49. The lowest BCUT2D eigenvalue weighted by Crippen LogP contribution is -2.45. The minimum absolute atomic E-state index is 0.0179. The number of carbonyl (C=O) groups excluding carboxylic acids is 3. The Morgan fingerprint density at radius 2 is 1.60 bits per heavy atom. The highest BCUT2D eigenvalue weighted by molar-refractivity contribution is 5.94. The van der Waals surface area contributed by atoms with Gasteiger partial charge in [0.25, 0.3) is 5.91 Å². The number of piperidine rings is 1. The first-order valence-electron chi connectivity index (χ1n) is 22.9. The summed E-state index contributed by atoms with van der Waals surface area (Å²) in [6, 6.07) is 37.1. The van der Waals surface area contributed by atoms with Crippen LogP contribution in [0, 0.1) is 5.92 Å². The fourth-order valence-corrected chi connectivity index (χ4v) is 8.40. The summed E-state index contributed by atoms with van der Waals surface area (Å²) in [5.74, 6) is 0.187. The topological polar surface area (TPSA) is 192 Å². The molecule has 7 rings (SSSR count). The summed E-state index contributed by atoms with van der Waals surface area (Å²) in [5, 5.41) is 31.3. The third kappa shape index (κ3) is 12.9. The Labute approximate surface area is 390 Å². The Hall–Kier alpha value is -7.00. The molecular weight excluding hydrogens is 851 g/mol. The zero-order chi connectivity index (χ0) is 47.1. The Bertz CT molecular complexity index is 2640. The van der Waals surface area contributed by atoms with E-state index in [2.05, 4.69) is 27.9 Å². The molecular formula is C53H59N5O9. The van der Waals surface area contributed by atoms with Crippen LogP contribution in [0.2, 0.25) is 0 Å². The van der Waals surface area contributed by atoms with Crippen molar-refractivity contribution >= 4 is 28.9 Å². The van der Waals surface area contributed by atoms with Crippen molar-refractivity contribution in [1.29, 1.82) is 0 Å². The summed E-state index contributed by atoms with van der Waals surface area (Å²) in [6.45, 7) is 7.13. The molecule has 1 aliphatic rings. The maximum Gasteiger partial charge on any atom is 0.408 e. The number of pyridine rings is 1. The Balaban J connectivity index is 0.860. The largest absolute Gasteiger partial charge is 0.506 e. The second kappa shape index (κ2) is 23.4. The molecule has 0 bridgehead atoms. The van der Waals surface area contributed by atoms with Crippen molar-refractivity contribution in [3.05, 3.63) is 177 Å². The number of likely N-dealkylation sites (N-methyl/N-ethyl adjacent to an activating group) is 1. The molecule has 0 spiro atoms. The minimum Gasteiger partial charge on any atom is -0.506 e. The number of benzene rings is 5. The van der Waals surface area contributed by atoms with E-state index in [0.717, 1.165) is 48.1 Å². The number of amides is 2. The molecule has 0 radical (unpaired) electrons. The summed E-state index contributed by atoms with van der Waals surface area (Å²) in [5.41, 5.74) is 4.86. The van der Waals surface area contributed by atoms with Gasteiger partial charge in [-0.3, -0.25) is 9.59 Å². The van der Waals surface area contributed by atoms with Crippen molar-refractivity contribution in [1.82, 2.24) is 25.8 Å². The van der Waals surface area contributed by atoms with Gasteiger partial charge in [0.2, 0.25) is 5.56 Å². The van der Waals surface area contributed by atoms with Gasteiger partial charge in [0.15, 0.2) is 0 Å². The molecule has 6 N–H and O–H groups in total. The maximum absolute atomic E-state index is 13.4. The first-order chi connectivity index (χ1) is 32.6. The molecule has 2 heterocycles. The fraction of sp³-hybridized carbons (Fsp3) is 0.321. The number of aliphatic hydroxyl groups excluding tert-OH is 1. The summed E-state index contributed by atoms with van der Waals surface area (Å²) in [7, 11) is 0. The second-order valence-corrected chi connectivity index (χ2v) is 16.7. The van der Waals surface area contributed by atoms with E-state index in [1.165, 1.54) is 12.1 Å². The van der Waals surface area contributed by atoms with Gasteiger partial charge in [0.1, 0.15) is 30.8 Å². The summed E-state index contributed by atoms with van der Waals surface area (Å²) >= 11 is 0. The minimum atomic E-state index is -0.899. The lowest BCUT2D eigenvalue weighted by Gasteiger charge is -2.32. The standard InChI is InChI=1S/C53H59N5O9/c1-3-9-37-26-27-54-33-47(37)67-53(64)57-49(38-10-6-5-7-11-38)41-12-8-13-42(30-41)66-34-36-16-20-40(21-17-36)52(63)65-29-28-58(4-2)51(62)39-18-14-35(15-19-39)31-55-32-46(60)43-22-24-45(59)50-44(43)23-25-48(61)56-50/h5-8,10-25,30,37,46-47,49,54-55,59-60H,3-4,9,26-29,31-34H2,1-2H3,(H,56,61)(H,57,64)/t37?,46-,47-,49-/m0/s1. The van der Waals surface area contributed by atoms with Crippen molar-refractivity contribution in [2.24, 2.45) is 5.92 Å². The van der Waals surface area contributed by atoms with E-state index in [0.29, 0.717) is 53.4 Å². The average Bonchev–Trinajstić information content (AvgIpc) is 3.35. The van der Waals surface area contributed by atoms with E-state index in [1.54, 1.807) is 53.4 Å². The number of aromatic nitrogens is 1. The van der Waals surface area contributed by atoms with Crippen LogP contribution in [0.3, 0.4) is 0 Å². The number of nitrogens with zero attached hydrogens (tertiary/aromatic N) is 1. The second-order valence-electron chi connectivity index (χ2n) is 16.7. The van der Waals surface area contributed by atoms with Crippen LogP contribution in [0.1, 0.15) is 93.8 Å². The molecule has 1 saturated heterocycles. The highest BCUT2D eigenvalue weighted by atomic mass is 16.6. The van der Waals surface area contributed by atoms with Crippen molar-refractivity contribution in [2.75, 3.05) is 39.3 Å². The van der Waals surface area contributed by atoms with Crippen LogP contribution in [0.15, 0.2) is 132 Å². The van der Waals surface area contributed by atoms with Crippen molar-refractivity contribution < 1.29 is 38.8 Å². The molecule has 1 aliphatic heterocycles. The Kier molecular flexibility index (Phi) is 16.8. The first kappa shape index (κ1) is 47.9. The summed E-state index contributed by atoms with van der Waals surface area (Å²) < 4.78 is 17.7. The number of carbonyl (C=O) groups is 3. The van der Waals surface area contributed by atoms with Gasteiger partial charge in [0.05, 0.1) is 29.8 Å². The highest BCUT2D eigenvalue weighted by Crippen LogP contribution is 2.30. The van der Waals surface area contributed by atoms with Crippen LogP contribution in [-0.2, 0) is 22.6 Å². The average molecular weight is 910 g/mol. The molecule has 4 atom stereocenters. The van der Waals surface area contributed by atoms with Gasteiger partial charge in [-0.1, -0.05) is 86.1 Å². The zero-order valence-electron chi connectivity index (χ0n) is 37.9. The van der Waals surface area contributed by atoms with E-state index in [1.807, 2.05) is 73.7 Å². The van der Waals surface area contributed by atoms with Gasteiger partial charge in [-0.2, -0.15) is 0 Å². The Morgan fingerprint density at radius 1 is 0.851 bits per heavy atom. The third-order valence-corrected chi connectivity index (χ3v) is 12.1. The number of aromatic amines is 1. The number of ether oxygens (including phenoxy) is 3. The SMILES string of the molecule is CCCC1CCNC[C@@H]1OC(=O)N[C@@H](c1ccccc1)c1cccc(OCc2ccc(C(=O)OCCN(CC)C(=O)c3ccc(CNC[C@H](O)c4ccc(O)c5[nH]c(=O)ccc45)cc3)cc2)c1. The maximum atomic E-state index is 13.4. The van der Waals surface area contributed by atoms with E-state index >= 15 is 0 Å². The highest BCUT2D eigenvalue weighted by Gasteiger charge is 2.29. The van der Waals surface area contributed by atoms with Crippen LogP contribution in [0.4, 0.5) is 4.79 Å². The smallest absolute Gasteiger partial charge is 0.408 e. The number of nitrogens with one attached hydrogen (secondary N) is 4. The van der Waals surface area contributed by atoms with Crippen LogP contribution in [0.5, 0.6) is 11.5 Å². The number of hydrogen-bond acceptors (Lipinski definition) is 11. The number of hydrogen-bond donors (Lipinski definition) is 6. The van der Waals surface area contributed by atoms with Gasteiger partial charge >= 0.3 is 12.1 Å². The number of alkyl carbamates (subject to hydrolysis) is 1. The molecule has 350 valence electrons. The molecule has 1 fully saturated rings. The van der Waals surface area contributed by atoms with Gasteiger partial charge < -0.3 is 50.3 Å². The van der Waals surface area contributed by atoms with E-state index < -0.39 is 24.2 Å². The van der Waals surface area contributed by atoms with Crippen LogP contribution in [-0.4, -0.2) is 83.5 Å². The molecule has 5 aromatic carbocycles. The monoisotopic (exact) mass is 909 g/mol. The predicted octanol–water partition coefficient (Wildman–Crippen LogP) is 7.55. The van der Waals surface area contributed by atoms with Crippen LogP contribution in [0.25, 0.3) is 10.9 Å². The molecule has 1 unspecified atom stereocenters. The Morgan fingerprint density at radius 3 is 2.36 bits per heavy atom. The summed E-state index contributed by atoms with van der Waals surface area (Å²) in [4.78, 5) is 55.6. The first-order valence-corrected chi connectivity index (χ1v) is 22.9. The molecule has 14 nitrogen and oxygen atoms in total. The molecule has 6 aromatic rings. The quantitative estimate of drug-likeness (QED) is 0.0415. The molecule has 1 aromatic heterocycles. The van der Waals surface area contributed by atoms with E-state index in [4.69, 9.17) is 14.2 Å². The van der Waals surface area contributed by atoms with E-state index in [-0.39, 0.29) is 55.1 Å². The number of H-pyrrole nitrogens is 1. The fourth-order valence-electron chi connectivity index (χ4n) is 8.40. The normalized spacial score (nSPS) is 15.6. The van der Waals surface area contributed by atoms with Gasteiger partial charge in [-0.05, 0) is 109 Å². The molecule has 2 amide bonds. The van der Waals surface area contributed by atoms with Gasteiger partial charge in [0, 0.05) is 43.2 Å².